The number of carbonyl (C=O) groups is 1. The summed E-state index contributed by atoms with van der Waals surface area (Å²) in [5.74, 6) is -0.830. The number of nitrogens with zero attached hydrogens (tertiary/aromatic N) is 2. The maximum Gasteiger partial charge on any atom is 0.573 e. The Morgan fingerprint density at radius 3 is 2.43 bits per heavy atom. The van der Waals surface area contributed by atoms with Crippen molar-refractivity contribution in [3.05, 3.63) is 93.7 Å². The highest BCUT2D eigenvalue weighted by Crippen LogP contribution is 2.28. The molecule has 1 atom stereocenters. The zero-order valence-corrected chi connectivity index (χ0v) is 16.1. The van der Waals surface area contributed by atoms with Crippen LogP contribution in [0.1, 0.15) is 33.2 Å². The lowest BCUT2D eigenvalue weighted by Crippen LogP contribution is -2.31. The number of benzene rings is 1. The normalized spacial score (nSPS) is 12.3. The molecule has 0 aliphatic heterocycles. The van der Waals surface area contributed by atoms with E-state index >= 15 is 0 Å². The van der Waals surface area contributed by atoms with Crippen LogP contribution in [0.25, 0.3) is 0 Å². The van der Waals surface area contributed by atoms with Crippen molar-refractivity contribution in [3.8, 4) is 5.75 Å². The van der Waals surface area contributed by atoms with E-state index in [2.05, 4.69) is 15.0 Å². The minimum atomic E-state index is -4.80. The van der Waals surface area contributed by atoms with Gasteiger partial charge in [0.2, 0.25) is 5.56 Å². The number of ether oxygens (including phenoxy) is 1. The van der Waals surface area contributed by atoms with E-state index in [9.17, 15) is 22.8 Å². The van der Waals surface area contributed by atoms with Crippen LogP contribution in [-0.2, 0) is 7.05 Å². The number of nitrogens with one attached hydrogen (secondary N) is 1. The fraction of sp³-hybridized carbons (Fsp3) is 0.190. The monoisotopic (exact) mass is 417 g/mol. The first-order valence-electron chi connectivity index (χ1n) is 8.89. The third kappa shape index (κ3) is 5.05. The van der Waals surface area contributed by atoms with E-state index in [1.165, 1.54) is 54.2 Å². The van der Waals surface area contributed by atoms with Gasteiger partial charge in [-0.25, -0.2) is 0 Å². The van der Waals surface area contributed by atoms with Gasteiger partial charge in [0.25, 0.3) is 5.91 Å². The van der Waals surface area contributed by atoms with Gasteiger partial charge in [0.05, 0.1) is 17.3 Å². The molecule has 0 bridgehead atoms. The van der Waals surface area contributed by atoms with Gasteiger partial charge >= 0.3 is 6.36 Å². The summed E-state index contributed by atoms with van der Waals surface area (Å²) in [6.07, 6.45) is -1.83. The van der Waals surface area contributed by atoms with Crippen LogP contribution in [0.15, 0.2) is 65.7 Å². The van der Waals surface area contributed by atoms with Gasteiger partial charge in [-0.05, 0) is 42.3 Å². The Balaban J connectivity index is 1.95. The standard InChI is InChI=1S/C21H18F3N3O3/c1-13-4-3-11-25-18(13)19(14-5-8-16(9-6-14)30-21(22,23)24)26-20(29)15-7-10-17(28)27(2)12-15/h3-12,19H,1-2H3,(H,26,29). The Morgan fingerprint density at radius 1 is 1.13 bits per heavy atom. The van der Waals surface area contributed by atoms with Gasteiger partial charge in [0, 0.05) is 25.5 Å². The summed E-state index contributed by atoms with van der Waals surface area (Å²) in [5, 5.41) is 2.84. The molecule has 3 rings (SSSR count). The highest BCUT2D eigenvalue weighted by molar-refractivity contribution is 5.94. The third-order valence-electron chi connectivity index (χ3n) is 4.39. The van der Waals surface area contributed by atoms with E-state index in [4.69, 9.17) is 0 Å². The average molecular weight is 417 g/mol. The first-order valence-corrected chi connectivity index (χ1v) is 8.89. The second-order valence-corrected chi connectivity index (χ2v) is 6.60. The molecule has 0 fully saturated rings. The fourth-order valence-corrected chi connectivity index (χ4v) is 2.91. The highest BCUT2D eigenvalue weighted by Gasteiger charge is 2.31. The van der Waals surface area contributed by atoms with Crippen molar-refractivity contribution in [2.24, 2.45) is 7.05 Å². The van der Waals surface area contributed by atoms with Crippen molar-refractivity contribution in [3.63, 3.8) is 0 Å². The lowest BCUT2D eigenvalue weighted by Gasteiger charge is -2.21. The molecule has 0 saturated heterocycles. The maximum atomic E-state index is 12.8. The third-order valence-corrected chi connectivity index (χ3v) is 4.39. The zero-order valence-electron chi connectivity index (χ0n) is 16.1. The molecule has 1 unspecified atom stereocenters. The van der Waals surface area contributed by atoms with Gasteiger partial charge in [-0.1, -0.05) is 18.2 Å². The van der Waals surface area contributed by atoms with Crippen LogP contribution in [0.2, 0.25) is 0 Å². The molecule has 1 N–H and O–H groups in total. The number of rotatable bonds is 5. The van der Waals surface area contributed by atoms with E-state index in [0.717, 1.165) is 5.56 Å². The van der Waals surface area contributed by atoms with Gasteiger partial charge in [0.15, 0.2) is 0 Å². The second-order valence-electron chi connectivity index (χ2n) is 6.60. The Labute approximate surface area is 170 Å². The zero-order chi connectivity index (χ0) is 21.9. The number of hydrogen-bond acceptors (Lipinski definition) is 4. The molecule has 0 aliphatic carbocycles. The minimum Gasteiger partial charge on any atom is -0.406 e. The predicted octanol–water partition coefficient (Wildman–Crippen LogP) is 3.51. The molecule has 0 radical (unpaired) electrons. The molecule has 30 heavy (non-hydrogen) atoms. The Bertz CT molecular complexity index is 1110. The summed E-state index contributed by atoms with van der Waals surface area (Å²) in [6, 6.07) is 10.7. The van der Waals surface area contributed by atoms with Gasteiger partial charge in [0.1, 0.15) is 5.75 Å². The minimum absolute atomic E-state index is 0.257. The highest BCUT2D eigenvalue weighted by atomic mass is 19.4. The van der Waals surface area contributed by atoms with Gasteiger partial charge in [-0.2, -0.15) is 0 Å². The van der Waals surface area contributed by atoms with Crippen LogP contribution >= 0.6 is 0 Å². The molecule has 0 saturated carbocycles. The Morgan fingerprint density at radius 2 is 1.83 bits per heavy atom. The van der Waals surface area contributed by atoms with Crippen molar-refractivity contribution in [2.75, 3.05) is 0 Å². The Hall–Kier alpha value is -3.62. The van der Waals surface area contributed by atoms with Crippen molar-refractivity contribution in [2.45, 2.75) is 19.3 Å². The summed E-state index contributed by atoms with van der Waals surface area (Å²) in [4.78, 5) is 28.7. The summed E-state index contributed by atoms with van der Waals surface area (Å²) in [6.45, 7) is 1.81. The number of aryl methyl sites for hydroxylation is 2. The predicted molar refractivity (Wildman–Crippen MR) is 103 cm³/mol. The van der Waals surface area contributed by atoms with Crippen LogP contribution in [0.4, 0.5) is 13.2 Å². The lowest BCUT2D eigenvalue weighted by molar-refractivity contribution is -0.274. The van der Waals surface area contributed by atoms with Crippen LogP contribution < -0.4 is 15.6 Å². The molecule has 0 spiro atoms. The van der Waals surface area contributed by atoms with Crippen molar-refractivity contribution in [1.82, 2.24) is 14.9 Å². The summed E-state index contributed by atoms with van der Waals surface area (Å²) in [5.41, 5.74) is 1.85. The number of alkyl halides is 3. The molecule has 1 aromatic carbocycles. The van der Waals surface area contributed by atoms with Gasteiger partial charge in [-0.15, -0.1) is 13.2 Å². The van der Waals surface area contributed by atoms with Crippen LogP contribution in [0.5, 0.6) is 5.75 Å². The van der Waals surface area contributed by atoms with Crippen molar-refractivity contribution >= 4 is 5.91 Å². The van der Waals surface area contributed by atoms with E-state index in [-0.39, 0.29) is 16.9 Å². The van der Waals surface area contributed by atoms with Gasteiger partial charge in [-0.3, -0.25) is 14.6 Å². The van der Waals surface area contributed by atoms with Crippen LogP contribution in [0, 0.1) is 6.92 Å². The second kappa shape index (κ2) is 8.40. The number of carbonyl (C=O) groups excluding carboxylic acids is 1. The number of pyridine rings is 2. The van der Waals surface area contributed by atoms with E-state index in [0.29, 0.717) is 11.3 Å². The topological polar surface area (TPSA) is 73.2 Å². The number of halogens is 3. The number of amides is 1. The molecule has 6 nitrogen and oxygen atoms in total. The summed E-state index contributed by atoms with van der Waals surface area (Å²) >= 11 is 0. The van der Waals surface area contributed by atoms with E-state index < -0.39 is 18.3 Å². The Kier molecular flexibility index (Phi) is 5.91. The lowest BCUT2D eigenvalue weighted by atomic mass is 9.99. The first kappa shape index (κ1) is 21.1. The number of aromatic nitrogens is 2. The molecule has 3 aromatic rings. The quantitative estimate of drug-likeness (QED) is 0.690. The maximum absolute atomic E-state index is 12.8. The SMILES string of the molecule is Cc1cccnc1C(NC(=O)c1ccc(=O)n(C)c1)c1ccc(OC(F)(F)F)cc1. The molecule has 2 aromatic heterocycles. The molecule has 2 heterocycles. The number of hydrogen-bond donors (Lipinski definition) is 1. The molecule has 156 valence electrons. The van der Waals surface area contributed by atoms with E-state index in [1.54, 1.807) is 12.3 Å². The summed E-state index contributed by atoms with van der Waals surface area (Å²) in [7, 11) is 1.53. The fourth-order valence-electron chi connectivity index (χ4n) is 2.91. The molecular weight excluding hydrogens is 399 g/mol. The molecular formula is C21H18F3N3O3. The molecule has 0 aliphatic rings. The summed E-state index contributed by atoms with van der Waals surface area (Å²) < 4.78 is 42.5. The molecule has 1 amide bonds. The van der Waals surface area contributed by atoms with Crippen LogP contribution in [-0.4, -0.2) is 21.8 Å². The van der Waals surface area contributed by atoms with Gasteiger partial charge < -0.3 is 14.6 Å². The smallest absolute Gasteiger partial charge is 0.406 e. The van der Waals surface area contributed by atoms with Crippen molar-refractivity contribution < 1.29 is 22.7 Å². The van der Waals surface area contributed by atoms with Crippen molar-refractivity contribution in [1.29, 1.82) is 0 Å². The largest absolute Gasteiger partial charge is 0.573 e. The molecule has 9 heteroatoms. The average Bonchev–Trinajstić information content (AvgIpc) is 2.68. The van der Waals surface area contributed by atoms with E-state index in [1.807, 2.05) is 13.0 Å². The first-order chi connectivity index (χ1) is 14.1. The van der Waals surface area contributed by atoms with Crippen LogP contribution in [0.3, 0.4) is 0 Å².